The minimum Gasteiger partial charge on any atom is -0.466 e. The number of fused-ring (bicyclic) bond motifs is 1. The summed E-state index contributed by atoms with van der Waals surface area (Å²) in [6.45, 7) is 5.62. The van der Waals surface area contributed by atoms with Crippen molar-refractivity contribution in [2.75, 3.05) is 7.11 Å². The molecule has 0 N–H and O–H groups in total. The number of para-hydroxylation sites is 1. The molecule has 0 atom stereocenters. The Labute approximate surface area is 130 Å². The first-order valence-corrected chi connectivity index (χ1v) is 6.93. The van der Waals surface area contributed by atoms with Gasteiger partial charge in [-0.1, -0.05) is 39.0 Å². The van der Waals surface area contributed by atoms with Crippen LogP contribution < -0.4 is 0 Å². The SMILES string of the molecule is CC(C)(C)C=O.COC(=O)/C=C/c1cnc2ccccc2c1. The van der Waals surface area contributed by atoms with Gasteiger partial charge in [0.15, 0.2) is 0 Å². The van der Waals surface area contributed by atoms with E-state index in [-0.39, 0.29) is 11.4 Å². The van der Waals surface area contributed by atoms with Gasteiger partial charge in [-0.15, -0.1) is 0 Å². The van der Waals surface area contributed by atoms with Crippen LogP contribution >= 0.6 is 0 Å². The van der Waals surface area contributed by atoms with Crippen molar-refractivity contribution in [3.8, 4) is 0 Å². The van der Waals surface area contributed by atoms with Crippen molar-refractivity contribution in [2.45, 2.75) is 20.8 Å². The van der Waals surface area contributed by atoms with Crippen molar-refractivity contribution in [2.24, 2.45) is 5.41 Å². The first kappa shape index (κ1) is 17.6. The van der Waals surface area contributed by atoms with E-state index in [1.165, 1.54) is 13.2 Å². The standard InChI is InChI=1S/C13H11NO2.C5H10O/c1-16-13(15)7-6-10-8-11-4-2-3-5-12(11)14-9-10;1-5(2,3)4-6/h2-9H,1H3;4H,1-3H3/b7-6+;. The molecule has 1 aromatic carbocycles. The molecular formula is C18H21NO3. The van der Waals surface area contributed by atoms with E-state index in [0.29, 0.717) is 0 Å². The fourth-order valence-corrected chi connectivity index (χ4v) is 1.41. The molecule has 1 aromatic heterocycles. The van der Waals surface area contributed by atoms with E-state index in [1.54, 1.807) is 12.3 Å². The van der Waals surface area contributed by atoms with E-state index in [1.807, 2.05) is 51.1 Å². The average molecular weight is 299 g/mol. The highest BCUT2D eigenvalue weighted by Gasteiger charge is 2.04. The Hall–Kier alpha value is -2.49. The summed E-state index contributed by atoms with van der Waals surface area (Å²) in [5.41, 5.74) is 1.68. The second kappa shape index (κ2) is 8.08. The van der Waals surface area contributed by atoms with Gasteiger partial charge in [0.05, 0.1) is 12.6 Å². The predicted octanol–water partition coefficient (Wildman–Crippen LogP) is 3.65. The molecule has 4 nitrogen and oxygen atoms in total. The summed E-state index contributed by atoms with van der Waals surface area (Å²) in [5.74, 6) is -0.367. The van der Waals surface area contributed by atoms with Crippen LogP contribution in [0.1, 0.15) is 26.3 Å². The molecule has 0 fully saturated rings. The summed E-state index contributed by atoms with van der Waals surface area (Å²) in [4.78, 5) is 25.0. The Kier molecular flexibility index (Phi) is 6.45. The number of methoxy groups -OCH3 is 1. The highest BCUT2D eigenvalue weighted by Crippen LogP contribution is 2.13. The molecule has 0 saturated heterocycles. The van der Waals surface area contributed by atoms with Crippen LogP contribution in [0.2, 0.25) is 0 Å². The highest BCUT2D eigenvalue weighted by atomic mass is 16.5. The lowest BCUT2D eigenvalue weighted by Gasteiger charge is -2.03. The molecule has 116 valence electrons. The number of hydrogen-bond acceptors (Lipinski definition) is 4. The molecule has 2 aromatic rings. The molecule has 0 spiro atoms. The summed E-state index contributed by atoms with van der Waals surface area (Å²) in [5, 5.41) is 1.05. The number of carbonyl (C=O) groups is 2. The Morgan fingerprint density at radius 1 is 1.23 bits per heavy atom. The Morgan fingerprint density at radius 3 is 2.45 bits per heavy atom. The normalized spacial score (nSPS) is 10.9. The number of nitrogens with zero attached hydrogens (tertiary/aromatic N) is 1. The van der Waals surface area contributed by atoms with Crippen molar-refractivity contribution in [1.29, 1.82) is 0 Å². The minimum absolute atomic E-state index is 0.139. The van der Waals surface area contributed by atoms with Gasteiger partial charge in [0, 0.05) is 23.1 Å². The molecule has 0 unspecified atom stereocenters. The van der Waals surface area contributed by atoms with Gasteiger partial charge in [-0.25, -0.2) is 4.79 Å². The monoisotopic (exact) mass is 299 g/mol. The molecule has 1 heterocycles. The summed E-state index contributed by atoms with van der Waals surface area (Å²) in [6, 6.07) is 9.81. The number of carbonyl (C=O) groups excluding carboxylic acids is 2. The fraction of sp³-hybridized carbons (Fsp3) is 0.278. The van der Waals surface area contributed by atoms with Gasteiger partial charge < -0.3 is 9.53 Å². The molecule has 0 saturated carbocycles. The number of ether oxygens (including phenoxy) is 1. The van der Waals surface area contributed by atoms with Gasteiger partial charge in [-0.2, -0.15) is 0 Å². The number of rotatable bonds is 2. The second-order valence-electron chi connectivity index (χ2n) is 5.80. The minimum atomic E-state index is -0.367. The van der Waals surface area contributed by atoms with Crippen LogP contribution in [0.3, 0.4) is 0 Å². The topological polar surface area (TPSA) is 56.3 Å². The third-order valence-electron chi connectivity index (χ3n) is 2.58. The number of aldehydes is 1. The number of hydrogen-bond donors (Lipinski definition) is 0. The molecule has 0 bridgehead atoms. The number of aromatic nitrogens is 1. The fourth-order valence-electron chi connectivity index (χ4n) is 1.41. The van der Waals surface area contributed by atoms with Crippen molar-refractivity contribution < 1.29 is 14.3 Å². The van der Waals surface area contributed by atoms with E-state index in [0.717, 1.165) is 22.8 Å². The Bertz CT molecular complexity index is 669. The van der Waals surface area contributed by atoms with Crippen LogP contribution in [-0.2, 0) is 14.3 Å². The average Bonchev–Trinajstić information content (AvgIpc) is 2.52. The summed E-state index contributed by atoms with van der Waals surface area (Å²) < 4.78 is 4.51. The molecule has 0 aliphatic rings. The van der Waals surface area contributed by atoms with Crippen molar-refractivity contribution >= 4 is 29.2 Å². The van der Waals surface area contributed by atoms with Crippen LogP contribution in [0, 0.1) is 5.41 Å². The Balaban J connectivity index is 0.000000346. The van der Waals surface area contributed by atoms with Crippen molar-refractivity contribution in [3.63, 3.8) is 0 Å². The van der Waals surface area contributed by atoms with Crippen LogP contribution in [0.4, 0.5) is 0 Å². The molecule has 0 amide bonds. The molecule has 0 radical (unpaired) electrons. The van der Waals surface area contributed by atoms with Gasteiger partial charge in [-0.05, 0) is 23.8 Å². The zero-order valence-electron chi connectivity index (χ0n) is 13.4. The van der Waals surface area contributed by atoms with E-state index >= 15 is 0 Å². The largest absolute Gasteiger partial charge is 0.466 e. The van der Waals surface area contributed by atoms with Crippen molar-refractivity contribution in [3.05, 3.63) is 48.2 Å². The number of pyridine rings is 1. The van der Waals surface area contributed by atoms with Crippen LogP contribution in [-0.4, -0.2) is 24.3 Å². The first-order valence-electron chi connectivity index (χ1n) is 6.93. The maximum Gasteiger partial charge on any atom is 0.330 e. The van der Waals surface area contributed by atoms with E-state index in [4.69, 9.17) is 0 Å². The first-order chi connectivity index (χ1) is 10.4. The lowest BCUT2D eigenvalue weighted by atomic mass is 10.0. The molecular weight excluding hydrogens is 278 g/mol. The Morgan fingerprint density at radius 2 is 1.86 bits per heavy atom. The van der Waals surface area contributed by atoms with Gasteiger partial charge in [0.25, 0.3) is 0 Å². The number of esters is 1. The van der Waals surface area contributed by atoms with Gasteiger partial charge in [0.2, 0.25) is 0 Å². The van der Waals surface area contributed by atoms with E-state index in [9.17, 15) is 9.59 Å². The van der Waals surface area contributed by atoms with Crippen LogP contribution in [0.5, 0.6) is 0 Å². The van der Waals surface area contributed by atoms with Gasteiger partial charge >= 0.3 is 5.97 Å². The van der Waals surface area contributed by atoms with Gasteiger partial charge in [-0.3, -0.25) is 4.98 Å². The zero-order valence-corrected chi connectivity index (χ0v) is 13.4. The van der Waals surface area contributed by atoms with Crippen molar-refractivity contribution in [1.82, 2.24) is 4.98 Å². The lowest BCUT2D eigenvalue weighted by molar-refractivity contribution is -0.134. The number of benzene rings is 1. The third-order valence-corrected chi connectivity index (χ3v) is 2.58. The maximum absolute atomic E-state index is 10.9. The zero-order chi connectivity index (χ0) is 16.6. The highest BCUT2D eigenvalue weighted by molar-refractivity contribution is 5.88. The predicted molar refractivity (Wildman–Crippen MR) is 88.3 cm³/mol. The third kappa shape index (κ3) is 6.31. The molecule has 0 aliphatic carbocycles. The van der Waals surface area contributed by atoms with Crippen LogP contribution in [0.25, 0.3) is 17.0 Å². The summed E-state index contributed by atoms with van der Waals surface area (Å²) in [6.07, 6.45) is 5.73. The lowest BCUT2D eigenvalue weighted by Crippen LogP contribution is -2.04. The molecule has 2 rings (SSSR count). The van der Waals surface area contributed by atoms with Crippen LogP contribution in [0.15, 0.2) is 42.6 Å². The second-order valence-corrected chi connectivity index (χ2v) is 5.80. The molecule has 4 heteroatoms. The maximum atomic E-state index is 10.9. The summed E-state index contributed by atoms with van der Waals surface area (Å²) >= 11 is 0. The smallest absolute Gasteiger partial charge is 0.330 e. The van der Waals surface area contributed by atoms with E-state index < -0.39 is 0 Å². The van der Waals surface area contributed by atoms with E-state index in [2.05, 4.69) is 9.72 Å². The molecule has 0 aliphatic heterocycles. The van der Waals surface area contributed by atoms with Gasteiger partial charge in [0.1, 0.15) is 6.29 Å². The molecule has 22 heavy (non-hydrogen) atoms. The quantitative estimate of drug-likeness (QED) is 0.482. The summed E-state index contributed by atoms with van der Waals surface area (Å²) in [7, 11) is 1.35.